The maximum absolute atomic E-state index is 9.15. The van der Waals surface area contributed by atoms with Gasteiger partial charge in [-0.25, -0.2) is 0 Å². The molecule has 82 valence electrons. The lowest BCUT2D eigenvalue weighted by Crippen LogP contribution is -1.92. The smallest absolute Gasteiger partial charge is 0.120 e. The van der Waals surface area contributed by atoms with E-state index in [9.17, 15) is 0 Å². The Labute approximate surface area is 94.9 Å². The summed E-state index contributed by atoms with van der Waals surface area (Å²) in [5.74, 6) is 0.817. The molecule has 0 amide bonds. The van der Waals surface area contributed by atoms with Crippen LogP contribution in [0.4, 0.5) is 0 Å². The maximum atomic E-state index is 9.15. The third kappa shape index (κ3) is 1.43. The maximum Gasteiger partial charge on any atom is 0.120 e. The van der Waals surface area contributed by atoms with Gasteiger partial charge >= 0.3 is 0 Å². The molecule has 0 saturated heterocycles. The molecule has 16 heavy (non-hydrogen) atoms. The molecule has 0 spiro atoms. The summed E-state index contributed by atoms with van der Waals surface area (Å²) >= 11 is 0. The van der Waals surface area contributed by atoms with Crippen LogP contribution in [0.25, 0.3) is 10.9 Å². The van der Waals surface area contributed by atoms with Crippen LogP contribution in [0.15, 0.2) is 18.2 Å². The summed E-state index contributed by atoms with van der Waals surface area (Å²) < 4.78 is 7.48. The van der Waals surface area contributed by atoms with Gasteiger partial charge in [-0.3, -0.25) is 0 Å². The molecular formula is C13H14N2O. The van der Waals surface area contributed by atoms with Gasteiger partial charge in [-0.15, -0.1) is 0 Å². The molecule has 2 aromatic rings. The molecule has 0 bridgehead atoms. The third-order valence-corrected chi connectivity index (χ3v) is 2.89. The molecule has 0 unspecified atom stereocenters. The van der Waals surface area contributed by atoms with Crippen molar-refractivity contribution in [2.24, 2.45) is 7.05 Å². The zero-order chi connectivity index (χ0) is 11.7. The van der Waals surface area contributed by atoms with Crippen LogP contribution in [0, 0.1) is 18.3 Å². The largest absolute Gasteiger partial charge is 0.494 e. The average molecular weight is 214 g/mol. The Hall–Kier alpha value is -1.95. The molecule has 1 heterocycles. The highest BCUT2D eigenvalue weighted by atomic mass is 16.5. The fraction of sp³-hybridized carbons (Fsp3) is 0.308. The van der Waals surface area contributed by atoms with Crippen molar-refractivity contribution >= 4 is 10.9 Å². The van der Waals surface area contributed by atoms with Gasteiger partial charge in [0.25, 0.3) is 0 Å². The number of aryl methyl sites for hydroxylation is 1. The lowest BCUT2D eigenvalue weighted by Gasteiger charge is -2.03. The minimum absolute atomic E-state index is 0.638. The topological polar surface area (TPSA) is 37.9 Å². The number of nitriles is 1. The highest BCUT2D eigenvalue weighted by molar-refractivity contribution is 5.89. The van der Waals surface area contributed by atoms with Crippen molar-refractivity contribution in [2.75, 3.05) is 6.61 Å². The molecule has 0 N–H and O–H groups in total. The Morgan fingerprint density at radius 3 is 2.81 bits per heavy atom. The van der Waals surface area contributed by atoms with Gasteiger partial charge in [-0.05, 0) is 32.0 Å². The monoisotopic (exact) mass is 214 g/mol. The number of benzene rings is 1. The normalized spacial score (nSPS) is 10.4. The SMILES string of the molecule is CCOc1ccc2c(c1)c(C#N)c(C)n2C. The highest BCUT2D eigenvalue weighted by Gasteiger charge is 2.11. The minimum atomic E-state index is 0.638. The van der Waals surface area contributed by atoms with E-state index in [0.29, 0.717) is 6.61 Å². The molecule has 3 nitrogen and oxygen atoms in total. The van der Waals surface area contributed by atoms with Crippen LogP contribution >= 0.6 is 0 Å². The quantitative estimate of drug-likeness (QED) is 0.771. The number of hydrogen-bond donors (Lipinski definition) is 0. The number of rotatable bonds is 2. The number of aromatic nitrogens is 1. The van der Waals surface area contributed by atoms with E-state index in [1.807, 2.05) is 43.7 Å². The Kier molecular flexibility index (Phi) is 2.57. The molecule has 0 aliphatic rings. The molecule has 2 rings (SSSR count). The van der Waals surface area contributed by atoms with E-state index in [2.05, 4.69) is 6.07 Å². The van der Waals surface area contributed by atoms with Crippen LogP contribution in [-0.2, 0) is 7.05 Å². The summed E-state index contributed by atoms with van der Waals surface area (Å²) in [5, 5.41) is 10.1. The fourth-order valence-electron chi connectivity index (χ4n) is 1.95. The predicted molar refractivity (Wildman–Crippen MR) is 63.5 cm³/mol. The molecule has 0 atom stereocenters. The van der Waals surface area contributed by atoms with E-state index in [-0.39, 0.29) is 0 Å². The van der Waals surface area contributed by atoms with Crippen molar-refractivity contribution in [3.8, 4) is 11.8 Å². The molecule has 3 heteroatoms. The molecule has 0 fully saturated rings. The number of hydrogen-bond acceptors (Lipinski definition) is 2. The molecule has 0 saturated carbocycles. The zero-order valence-electron chi connectivity index (χ0n) is 9.74. The van der Waals surface area contributed by atoms with Gasteiger partial charge in [-0.2, -0.15) is 5.26 Å². The average Bonchev–Trinajstić information content (AvgIpc) is 2.52. The van der Waals surface area contributed by atoms with Gasteiger partial charge in [0.2, 0.25) is 0 Å². The van der Waals surface area contributed by atoms with Gasteiger partial charge in [0, 0.05) is 23.6 Å². The fourth-order valence-corrected chi connectivity index (χ4v) is 1.95. The Morgan fingerprint density at radius 1 is 1.44 bits per heavy atom. The van der Waals surface area contributed by atoms with Gasteiger partial charge < -0.3 is 9.30 Å². The molecule has 1 aromatic heterocycles. The van der Waals surface area contributed by atoms with Gasteiger partial charge in [0.1, 0.15) is 11.8 Å². The molecule has 0 aliphatic carbocycles. The van der Waals surface area contributed by atoms with Crippen LogP contribution in [0.3, 0.4) is 0 Å². The number of ether oxygens (including phenoxy) is 1. The Balaban J connectivity index is 2.73. The molecular weight excluding hydrogens is 200 g/mol. The first-order valence-electron chi connectivity index (χ1n) is 5.31. The van der Waals surface area contributed by atoms with Crippen molar-refractivity contribution in [3.05, 3.63) is 29.5 Å². The summed E-state index contributed by atoms with van der Waals surface area (Å²) in [5.41, 5.74) is 2.79. The summed E-state index contributed by atoms with van der Waals surface area (Å²) in [6, 6.07) is 8.12. The second-order valence-corrected chi connectivity index (χ2v) is 3.74. The van der Waals surface area contributed by atoms with Crippen LogP contribution in [0.1, 0.15) is 18.2 Å². The van der Waals surface area contributed by atoms with Crippen molar-refractivity contribution in [2.45, 2.75) is 13.8 Å². The van der Waals surface area contributed by atoms with E-state index >= 15 is 0 Å². The number of fused-ring (bicyclic) bond motifs is 1. The summed E-state index contributed by atoms with van der Waals surface area (Å²) in [6.07, 6.45) is 0. The summed E-state index contributed by atoms with van der Waals surface area (Å²) in [4.78, 5) is 0. The predicted octanol–water partition coefficient (Wildman–Crippen LogP) is 2.76. The lowest BCUT2D eigenvalue weighted by atomic mass is 10.1. The van der Waals surface area contributed by atoms with Crippen LogP contribution < -0.4 is 4.74 Å². The van der Waals surface area contributed by atoms with Crippen molar-refractivity contribution in [1.82, 2.24) is 4.57 Å². The van der Waals surface area contributed by atoms with Gasteiger partial charge in [0.15, 0.2) is 0 Å². The van der Waals surface area contributed by atoms with Gasteiger partial charge in [-0.1, -0.05) is 0 Å². The van der Waals surface area contributed by atoms with Gasteiger partial charge in [0.05, 0.1) is 12.2 Å². The summed E-state index contributed by atoms with van der Waals surface area (Å²) in [6.45, 7) is 4.55. The molecule has 1 aromatic carbocycles. The van der Waals surface area contributed by atoms with Crippen LogP contribution in [0.2, 0.25) is 0 Å². The number of nitrogens with zero attached hydrogens (tertiary/aromatic N) is 2. The van der Waals surface area contributed by atoms with E-state index in [0.717, 1.165) is 27.9 Å². The van der Waals surface area contributed by atoms with Crippen LogP contribution in [-0.4, -0.2) is 11.2 Å². The van der Waals surface area contributed by atoms with E-state index in [4.69, 9.17) is 10.00 Å². The third-order valence-electron chi connectivity index (χ3n) is 2.89. The second-order valence-electron chi connectivity index (χ2n) is 3.74. The minimum Gasteiger partial charge on any atom is -0.494 e. The Bertz CT molecular complexity index is 576. The van der Waals surface area contributed by atoms with Crippen LogP contribution in [0.5, 0.6) is 5.75 Å². The first-order chi connectivity index (χ1) is 7.69. The van der Waals surface area contributed by atoms with E-state index in [1.54, 1.807) is 0 Å². The van der Waals surface area contributed by atoms with E-state index in [1.165, 1.54) is 0 Å². The van der Waals surface area contributed by atoms with Crippen molar-refractivity contribution in [3.63, 3.8) is 0 Å². The lowest BCUT2D eigenvalue weighted by molar-refractivity contribution is 0.340. The second kappa shape index (κ2) is 3.90. The molecule has 0 aliphatic heterocycles. The Morgan fingerprint density at radius 2 is 2.19 bits per heavy atom. The first-order valence-corrected chi connectivity index (χ1v) is 5.31. The van der Waals surface area contributed by atoms with E-state index < -0.39 is 0 Å². The highest BCUT2D eigenvalue weighted by Crippen LogP contribution is 2.27. The standard InChI is InChI=1S/C13H14N2O/c1-4-16-10-5-6-13-11(7-10)12(8-14)9(2)15(13)3/h5-7H,4H2,1-3H3. The zero-order valence-corrected chi connectivity index (χ0v) is 9.74. The summed E-state index contributed by atoms with van der Waals surface area (Å²) in [7, 11) is 1.97. The van der Waals surface area contributed by atoms with Crippen molar-refractivity contribution < 1.29 is 4.74 Å². The first kappa shape index (κ1) is 10.6. The molecule has 0 radical (unpaired) electrons. The van der Waals surface area contributed by atoms with Crippen molar-refractivity contribution in [1.29, 1.82) is 5.26 Å².